The van der Waals surface area contributed by atoms with E-state index in [-0.39, 0.29) is 0 Å². The number of alkyl halides is 6. The molecule has 1 saturated carbocycles. The highest BCUT2D eigenvalue weighted by atomic mass is 19.4. The monoisotopic (exact) mass is 458 g/mol. The molecule has 2 fully saturated rings. The maximum atomic E-state index is 13.0. The van der Waals surface area contributed by atoms with Crippen LogP contribution in [0.1, 0.15) is 24.0 Å². The summed E-state index contributed by atoms with van der Waals surface area (Å²) < 4.78 is 78.2. The van der Waals surface area contributed by atoms with Crippen LogP contribution >= 0.6 is 0 Å². The Bertz CT molecular complexity index is 897. The van der Waals surface area contributed by atoms with Gasteiger partial charge in [0.25, 0.3) is 5.60 Å². The zero-order valence-electron chi connectivity index (χ0n) is 17.3. The molecule has 2 aromatic rings. The van der Waals surface area contributed by atoms with Crippen LogP contribution in [0.5, 0.6) is 0 Å². The summed E-state index contributed by atoms with van der Waals surface area (Å²) >= 11 is 0. The predicted octanol–water partition coefficient (Wildman–Crippen LogP) is 4.95. The molecule has 1 aliphatic carbocycles. The van der Waals surface area contributed by atoms with Gasteiger partial charge in [0.15, 0.2) is 0 Å². The number of benzene rings is 2. The highest BCUT2D eigenvalue weighted by Gasteiger charge is 2.71. The summed E-state index contributed by atoms with van der Waals surface area (Å²) in [5.41, 5.74) is -3.95. The second-order valence-corrected chi connectivity index (χ2v) is 8.52. The smallest absolute Gasteiger partial charge is 0.369 e. The van der Waals surface area contributed by atoms with Gasteiger partial charge in [-0.1, -0.05) is 48.5 Å². The lowest BCUT2D eigenvalue weighted by Gasteiger charge is -2.34. The number of rotatable bonds is 5. The van der Waals surface area contributed by atoms with Crippen molar-refractivity contribution in [1.29, 1.82) is 0 Å². The van der Waals surface area contributed by atoms with E-state index in [2.05, 4.69) is 9.80 Å². The van der Waals surface area contributed by atoms with Crippen molar-refractivity contribution in [1.82, 2.24) is 9.80 Å². The molecule has 1 saturated heterocycles. The third-order valence-corrected chi connectivity index (χ3v) is 6.29. The van der Waals surface area contributed by atoms with Crippen LogP contribution in [0.3, 0.4) is 0 Å². The van der Waals surface area contributed by atoms with Gasteiger partial charge in [-0.05, 0) is 29.5 Å². The van der Waals surface area contributed by atoms with Crippen molar-refractivity contribution in [2.24, 2.45) is 0 Å². The Balaban J connectivity index is 1.43. The van der Waals surface area contributed by atoms with Gasteiger partial charge < -0.3 is 5.11 Å². The summed E-state index contributed by atoms with van der Waals surface area (Å²) in [5, 5.41) is 9.50. The summed E-state index contributed by atoms with van der Waals surface area (Å²) in [4.78, 5) is 4.90. The molecular formula is C23H24F6N2O. The summed E-state index contributed by atoms with van der Waals surface area (Å²) in [5.74, 6) is 0. The number of nitrogens with zero attached hydrogens (tertiary/aromatic N) is 2. The lowest BCUT2D eigenvalue weighted by Crippen LogP contribution is -2.53. The molecule has 0 radical (unpaired) electrons. The molecule has 1 aliphatic heterocycles. The molecule has 0 amide bonds. The van der Waals surface area contributed by atoms with Crippen molar-refractivity contribution in [2.75, 3.05) is 26.2 Å². The zero-order chi connectivity index (χ0) is 23.1. The fourth-order valence-electron chi connectivity index (χ4n) is 4.18. The van der Waals surface area contributed by atoms with E-state index in [9.17, 15) is 31.4 Å². The summed E-state index contributed by atoms with van der Waals surface area (Å²) in [6, 6.07) is 11.8. The van der Waals surface area contributed by atoms with Gasteiger partial charge in [-0.2, -0.15) is 26.3 Å². The number of aliphatic hydroxyl groups is 1. The van der Waals surface area contributed by atoms with Crippen LogP contribution in [0.2, 0.25) is 0 Å². The zero-order valence-corrected chi connectivity index (χ0v) is 17.3. The van der Waals surface area contributed by atoms with Gasteiger partial charge in [0.2, 0.25) is 0 Å². The number of piperazine rings is 1. The van der Waals surface area contributed by atoms with E-state index in [1.807, 2.05) is 12.1 Å². The summed E-state index contributed by atoms with van der Waals surface area (Å²) in [6.45, 7) is 4.93. The minimum absolute atomic E-state index is 0.463. The van der Waals surface area contributed by atoms with Crippen LogP contribution in [-0.4, -0.2) is 59.5 Å². The summed E-state index contributed by atoms with van der Waals surface area (Å²) in [7, 11) is 0. The van der Waals surface area contributed by atoms with E-state index in [0.717, 1.165) is 56.5 Å². The van der Waals surface area contributed by atoms with Crippen LogP contribution in [0.4, 0.5) is 26.3 Å². The Morgan fingerprint density at radius 3 is 1.62 bits per heavy atom. The maximum Gasteiger partial charge on any atom is 0.430 e. The van der Waals surface area contributed by atoms with E-state index < -0.39 is 23.5 Å². The average Bonchev–Trinajstić information content (AvgIpc) is 3.58. The minimum atomic E-state index is -5.89. The Kier molecular flexibility index (Phi) is 6.02. The quantitative estimate of drug-likeness (QED) is 0.643. The first-order valence-electron chi connectivity index (χ1n) is 10.5. The normalized spacial score (nSPS) is 19.3. The Labute approximate surface area is 182 Å². The Morgan fingerprint density at radius 2 is 1.19 bits per heavy atom. The maximum absolute atomic E-state index is 13.0. The van der Waals surface area contributed by atoms with Gasteiger partial charge in [-0.15, -0.1) is 0 Å². The van der Waals surface area contributed by atoms with Gasteiger partial charge in [0.05, 0.1) is 0 Å². The predicted molar refractivity (Wildman–Crippen MR) is 108 cm³/mol. The molecule has 32 heavy (non-hydrogen) atoms. The molecule has 0 spiro atoms. The molecule has 1 heterocycles. The highest BCUT2D eigenvalue weighted by molar-refractivity contribution is 5.64. The minimum Gasteiger partial charge on any atom is -0.369 e. The van der Waals surface area contributed by atoms with Crippen molar-refractivity contribution in [3.8, 4) is 11.1 Å². The molecule has 2 aliphatic rings. The Morgan fingerprint density at radius 1 is 0.719 bits per heavy atom. The van der Waals surface area contributed by atoms with Gasteiger partial charge in [-0.25, -0.2) is 0 Å². The molecule has 2 aromatic carbocycles. The van der Waals surface area contributed by atoms with Crippen molar-refractivity contribution in [2.45, 2.75) is 43.4 Å². The molecule has 0 aromatic heterocycles. The van der Waals surface area contributed by atoms with Gasteiger partial charge in [0.1, 0.15) is 0 Å². The second kappa shape index (κ2) is 8.35. The largest absolute Gasteiger partial charge is 0.430 e. The standard InChI is InChI=1S/C23H24F6N2O/c24-22(25,26)21(32,23(27,28)29)19-7-5-18(6-8-19)17-3-1-16(2-4-17)15-30-11-13-31(14-12-30)20-9-10-20/h1-8,20,32H,9-15H2. The van der Waals surface area contributed by atoms with Crippen LogP contribution in [0.25, 0.3) is 11.1 Å². The lowest BCUT2D eigenvalue weighted by atomic mass is 9.90. The molecule has 0 bridgehead atoms. The van der Waals surface area contributed by atoms with Crippen molar-refractivity contribution < 1.29 is 31.4 Å². The number of hydrogen-bond donors (Lipinski definition) is 1. The van der Waals surface area contributed by atoms with Crippen molar-refractivity contribution in [3.63, 3.8) is 0 Å². The lowest BCUT2D eigenvalue weighted by molar-refractivity contribution is -0.376. The summed E-state index contributed by atoms with van der Waals surface area (Å²) in [6.07, 6.45) is -9.18. The van der Waals surface area contributed by atoms with E-state index >= 15 is 0 Å². The SMILES string of the molecule is OC(c1ccc(-c2ccc(CN3CCN(C4CC4)CC3)cc2)cc1)(C(F)(F)F)C(F)(F)F. The van der Waals surface area contributed by atoms with Gasteiger partial charge >= 0.3 is 12.4 Å². The first kappa shape index (κ1) is 23.1. The van der Waals surface area contributed by atoms with Gasteiger partial charge in [-0.3, -0.25) is 9.80 Å². The second-order valence-electron chi connectivity index (χ2n) is 8.52. The fourth-order valence-corrected chi connectivity index (χ4v) is 4.18. The number of halogens is 6. The molecule has 0 unspecified atom stereocenters. The molecule has 9 heteroatoms. The van der Waals surface area contributed by atoms with Crippen LogP contribution in [-0.2, 0) is 12.1 Å². The van der Waals surface area contributed by atoms with Crippen LogP contribution < -0.4 is 0 Å². The first-order valence-corrected chi connectivity index (χ1v) is 10.5. The molecule has 0 atom stereocenters. The van der Waals surface area contributed by atoms with E-state index in [1.54, 1.807) is 12.1 Å². The van der Waals surface area contributed by atoms with E-state index in [4.69, 9.17) is 0 Å². The third-order valence-electron chi connectivity index (χ3n) is 6.29. The molecule has 174 valence electrons. The molecule has 1 N–H and O–H groups in total. The number of hydrogen-bond acceptors (Lipinski definition) is 3. The first-order chi connectivity index (χ1) is 15.0. The average molecular weight is 458 g/mol. The molecule has 4 rings (SSSR count). The van der Waals surface area contributed by atoms with Crippen LogP contribution in [0, 0.1) is 0 Å². The molecular weight excluding hydrogens is 434 g/mol. The highest BCUT2D eigenvalue weighted by Crippen LogP contribution is 2.50. The van der Waals surface area contributed by atoms with Gasteiger partial charge in [0, 0.05) is 44.3 Å². The third kappa shape index (κ3) is 4.51. The topological polar surface area (TPSA) is 26.7 Å². The fraction of sp³-hybridized carbons (Fsp3) is 0.478. The van der Waals surface area contributed by atoms with E-state index in [1.165, 1.54) is 12.8 Å². The van der Waals surface area contributed by atoms with Crippen molar-refractivity contribution in [3.05, 3.63) is 59.7 Å². The van der Waals surface area contributed by atoms with E-state index in [0.29, 0.717) is 23.3 Å². The van der Waals surface area contributed by atoms with Crippen molar-refractivity contribution >= 4 is 0 Å². The van der Waals surface area contributed by atoms with Crippen LogP contribution in [0.15, 0.2) is 48.5 Å². The Hall–Kier alpha value is -2.10. The molecule has 3 nitrogen and oxygen atoms in total.